The molecule has 114 valence electrons. The molecule has 2 heteroatoms. The van der Waals surface area contributed by atoms with Gasteiger partial charge in [-0.25, -0.2) is 0 Å². The second-order valence-electron chi connectivity index (χ2n) is 5.83. The third-order valence-corrected chi connectivity index (χ3v) is 3.82. The quantitative estimate of drug-likeness (QED) is 0.403. The summed E-state index contributed by atoms with van der Waals surface area (Å²) in [6.07, 6.45) is 6.18. The molecule has 1 aliphatic heterocycles. The molecule has 0 saturated carbocycles. The number of unbranched alkanes of at least 4 members (excludes halogenated alkanes) is 4. The molecule has 2 nitrogen and oxygen atoms in total. The molecule has 0 bridgehead atoms. The highest BCUT2D eigenvalue weighted by Crippen LogP contribution is 2.35. The Kier molecular flexibility index (Phi) is 6.29. The summed E-state index contributed by atoms with van der Waals surface area (Å²) in [5, 5.41) is 0. The van der Waals surface area contributed by atoms with Crippen LogP contribution in [-0.4, -0.2) is 18.3 Å². The molecular formula is C19H26O2. The van der Waals surface area contributed by atoms with Gasteiger partial charge in [0.15, 0.2) is 5.60 Å². The predicted octanol–water partition coefficient (Wildman–Crippen LogP) is 4.33. The molecular weight excluding hydrogens is 260 g/mol. The van der Waals surface area contributed by atoms with Gasteiger partial charge in [-0.15, -0.1) is 5.92 Å². The highest BCUT2D eigenvalue weighted by Gasteiger charge is 2.51. The van der Waals surface area contributed by atoms with Crippen molar-refractivity contribution in [2.24, 2.45) is 0 Å². The Hall–Kier alpha value is -1.30. The summed E-state index contributed by atoms with van der Waals surface area (Å²) in [6, 6.07) is 10.2. The molecule has 2 rings (SSSR count). The summed E-state index contributed by atoms with van der Waals surface area (Å²) in [5.41, 5.74) is 0.920. The highest BCUT2D eigenvalue weighted by atomic mass is 16.6. The maximum absolute atomic E-state index is 5.71. The molecule has 0 amide bonds. The van der Waals surface area contributed by atoms with E-state index in [-0.39, 0.29) is 11.7 Å². The SMILES string of the molecule is CCCCCCC#C[C@]1(C)O[C@H]1COCc1ccccc1. The fourth-order valence-electron chi connectivity index (χ4n) is 2.30. The van der Waals surface area contributed by atoms with Gasteiger partial charge in [0.1, 0.15) is 6.10 Å². The van der Waals surface area contributed by atoms with E-state index in [1.165, 1.54) is 31.2 Å². The minimum absolute atomic E-state index is 0.129. The van der Waals surface area contributed by atoms with Gasteiger partial charge in [-0.3, -0.25) is 0 Å². The maximum atomic E-state index is 5.71. The maximum Gasteiger partial charge on any atom is 0.154 e. The van der Waals surface area contributed by atoms with Crippen LogP contribution in [-0.2, 0) is 16.1 Å². The Morgan fingerprint density at radius 2 is 2.00 bits per heavy atom. The third-order valence-electron chi connectivity index (χ3n) is 3.82. The summed E-state index contributed by atoms with van der Waals surface area (Å²) < 4.78 is 11.4. The Balaban J connectivity index is 1.61. The van der Waals surface area contributed by atoms with Crippen LogP contribution < -0.4 is 0 Å². The second-order valence-corrected chi connectivity index (χ2v) is 5.83. The van der Waals surface area contributed by atoms with Crippen LogP contribution in [0.3, 0.4) is 0 Å². The van der Waals surface area contributed by atoms with Crippen LogP contribution in [0.25, 0.3) is 0 Å². The molecule has 1 fully saturated rings. The molecule has 2 atom stereocenters. The largest absolute Gasteiger partial charge is 0.374 e. The summed E-state index contributed by atoms with van der Waals surface area (Å²) in [7, 11) is 0. The van der Waals surface area contributed by atoms with E-state index in [0.29, 0.717) is 13.2 Å². The molecule has 1 aromatic carbocycles. The van der Waals surface area contributed by atoms with Crippen molar-refractivity contribution in [1.82, 2.24) is 0 Å². The smallest absolute Gasteiger partial charge is 0.154 e. The Bertz CT molecular complexity index is 471. The van der Waals surface area contributed by atoms with Crippen molar-refractivity contribution < 1.29 is 9.47 Å². The lowest BCUT2D eigenvalue weighted by atomic mass is 10.1. The lowest BCUT2D eigenvalue weighted by molar-refractivity contribution is 0.104. The van der Waals surface area contributed by atoms with E-state index in [9.17, 15) is 0 Å². The molecule has 0 spiro atoms. The Morgan fingerprint density at radius 3 is 2.76 bits per heavy atom. The predicted molar refractivity (Wildman–Crippen MR) is 85.9 cm³/mol. The van der Waals surface area contributed by atoms with E-state index in [4.69, 9.17) is 9.47 Å². The molecule has 1 aromatic rings. The zero-order chi connectivity index (χ0) is 15.0. The van der Waals surface area contributed by atoms with Crippen LogP contribution in [0.4, 0.5) is 0 Å². The van der Waals surface area contributed by atoms with Gasteiger partial charge in [0.25, 0.3) is 0 Å². The van der Waals surface area contributed by atoms with E-state index in [2.05, 4.69) is 37.8 Å². The monoisotopic (exact) mass is 286 g/mol. The lowest BCUT2D eigenvalue weighted by Gasteiger charge is -2.02. The first-order valence-electron chi connectivity index (χ1n) is 8.04. The van der Waals surface area contributed by atoms with E-state index < -0.39 is 0 Å². The Morgan fingerprint density at radius 1 is 1.19 bits per heavy atom. The fraction of sp³-hybridized carbons (Fsp3) is 0.579. The molecule has 21 heavy (non-hydrogen) atoms. The molecule has 1 aliphatic rings. The lowest BCUT2D eigenvalue weighted by Crippen LogP contribution is -2.12. The second kappa shape index (κ2) is 8.22. The van der Waals surface area contributed by atoms with Crippen LogP contribution in [0.2, 0.25) is 0 Å². The van der Waals surface area contributed by atoms with Gasteiger partial charge in [-0.2, -0.15) is 0 Å². The fourth-order valence-corrected chi connectivity index (χ4v) is 2.30. The minimum atomic E-state index is -0.276. The zero-order valence-electron chi connectivity index (χ0n) is 13.2. The van der Waals surface area contributed by atoms with E-state index in [1.54, 1.807) is 0 Å². The molecule has 0 unspecified atom stereocenters. The van der Waals surface area contributed by atoms with Crippen molar-refractivity contribution in [1.29, 1.82) is 0 Å². The normalized spacial score (nSPS) is 23.4. The average molecular weight is 286 g/mol. The number of rotatable bonds is 8. The van der Waals surface area contributed by atoms with E-state index in [1.807, 2.05) is 18.2 Å². The first-order chi connectivity index (χ1) is 10.2. The molecule has 1 heterocycles. The average Bonchev–Trinajstić information content (AvgIpc) is 3.14. The molecule has 0 aliphatic carbocycles. The summed E-state index contributed by atoms with van der Waals surface area (Å²) in [6.45, 7) is 5.55. The van der Waals surface area contributed by atoms with Crippen molar-refractivity contribution in [3.8, 4) is 11.8 Å². The molecule has 0 N–H and O–H groups in total. The summed E-state index contributed by atoms with van der Waals surface area (Å²) >= 11 is 0. The van der Waals surface area contributed by atoms with Crippen LogP contribution >= 0.6 is 0 Å². The van der Waals surface area contributed by atoms with Crippen LogP contribution in [0.1, 0.15) is 51.5 Å². The van der Waals surface area contributed by atoms with Crippen LogP contribution in [0.15, 0.2) is 30.3 Å². The van der Waals surface area contributed by atoms with Crippen molar-refractivity contribution in [3.05, 3.63) is 35.9 Å². The van der Waals surface area contributed by atoms with Gasteiger partial charge in [0.2, 0.25) is 0 Å². The van der Waals surface area contributed by atoms with Gasteiger partial charge in [0.05, 0.1) is 13.2 Å². The molecule has 1 saturated heterocycles. The van der Waals surface area contributed by atoms with Crippen molar-refractivity contribution in [2.75, 3.05) is 6.61 Å². The van der Waals surface area contributed by atoms with Crippen LogP contribution in [0, 0.1) is 11.8 Å². The van der Waals surface area contributed by atoms with Gasteiger partial charge in [-0.05, 0) is 18.9 Å². The molecule has 0 radical (unpaired) electrons. The first kappa shape index (κ1) is 16.1. The minimum Gasteiger partial charge on any atom is -0.374 e. The summed E-state index contributed by atoms with van der Waals surface area (Å²) in [4.78, 5) is 0. The van der Waals surface area contributed by atoms with Crippen molar-refractivity contribution >= 4 is 0 Å². The van der Waals surface area contributed by atoms with Crippen molar-refractivity contribution in [3.63, 3.8) is 0 Å². The van der Waals surface area contributed by atoms with Gasteiger partial charge >= 0.3 is 0 Å². The van der Waals surface area contributed by atoms with Gasteiger partial charge in [0, 0.05) is 6.42 Å². The number of epoxide rings is 1. The zero-order valence-corrected chi connectivity index (χ0v) is 13.2. The number of hydrogen-bond donors (Lipinski definition) is 0. The Labute approximate surface area is 128 Å². The first-order valence-corrected chi connectivity index (χ1v) is 8.04. The summed E-state index contributed by atoms with van der Waals surface area (Å²) in [5.74, 6) is 6.51. The van der Waals surface area contributed by atoms with E-state index >= 15 is 0 Å². The standard InChI is InChI=1S/C19H26O2/c1-3-4-5-6-7-11-14-19(2)18(21-19)16-20-15-17-12-9-8-10-13-17/h8-10,12-13,18H,3-7,15-16H2,1-2H3/t18-,19-/m0/s1. The number of hydrogen-bond acceptors (Lipinski definition) is 2. The van der Waals surface area contributed by atoms with Crippen LogP contribution in [0.5, 0.6) is 0 Å². The number of ether oxygens (including phenoxy) is 2. The van der Waals surface area contributed by atoms with Gasteiger partial charge in [-0.1, -0.05) is 62.4 Å². The van der Waals surface area contributed by atoms with E-state index in [0.717, 1.165) is 6.42 Å². The van der Waals surface area contributed by atoms with Gasteiger partial charge < -0.3 is 9.47 Å². The highest BCUT2D eigenvalue weighted by molar-refractivity contribution is 5.23. The number of benzene rings is 1. The van der Waals surface area contributed by atoms with Crippen molar-refractivity contribution in [2.45, 2.75) is 64.3 Å². The third kappa shape index (κ3) is 5.53. The molecule has 0 aromatic heterocycles. The topological polar surface area (TPSA) is 21.8 Å².